The Bertz CT molecular complexity index is 916. The number of carbonyl (C=O) groups is 1. The summed E-state index contributed by atoms with van der Waals surface area (Å²) >= 11 is 1.27. The Hall–Kier alpha value is -2.81. The molecule has 0 radical (unpaired) electrons. The molecule has 0 saturated heterocycles. The van der Waals surface area contributed by atoms with E-state index in [2.05, 4.69) is 25.6 Å². The molecule has 26 heavy (non-hydrogen) atoms. The Morgan fingerprint density at radius 1 is 1.31 bits per heavy atom. The highest BCUT2D eigenvalue weighted by molar-refractivity contribution is 7.99. The maximum atomic E-state index is 12.2. The molecule has 136 valence electrons. The zero-order chi connectivity index (χ0) is 18.7. The Morgan fingerprint density at radius 2 is 2.04 bits per heavy atom. The normalized spacial score (nSPS) is 10.8. The van der Waals surface area contributed by atoms with Crippen molar-refractivity contribution in [1.29, 1.82) is 0 Å². The molecule has 2 N–H and O–H groups in total. The third kappa shape index (κ3) is 3.88. The van der Waals surface area contributed by atoms with E-state index in [0.29, 0.717) is 11.0 Å². The molecule has 0 bridgehead atoms. The summed E-state index contributed by atoms with van der Waals surface area (Å²) in [5.41, 5.74) is 3.37. The summed E-state index contributed by atoms with van der Waals surface area (Å²) in [7, 11) is 3.47. The molecule has 0 saturated carbocycles. The lowest BCUT2D eigenvalue weighted by atomic mass is 10.2. The van der Waals surface area contributed by atoms with Crippen LogP contribution < -0.4 is 10.1 Å². The van der Waals surface area contributed by atoms with E-state index in [0.717, 1.165) is 28.4 Å². The number of H-pyrrole nitrogens is 1. The summed E-state index contributed by atoms with van der Waals surface area (Å²) in [6.07, 6.45) is 0. The highest BCUT2D eigenvalue weighted by Gasteiger charge is 2.14. The smallest absolute Gasteiger partial charge is 0.234 e. The van der Waals surface area contributed by atoms with E-state index in [4.69, 9.17) is 4.74 Å². The number of hydrogen-bond acceptors (Lipinski definition) is 6. The van der Waals surface area contributed by atoms with Crippen LogP contribution in [0.3, 0.4) is 0 Å². The lowest BCUT2D eigenvalue weighted by Gasteiger charge is -2.04. The minimum Gasteiger partial charge on any atom is -0.497 e. The van der Waals surface area contributed by atoms with Gasteiger partial charge in [-0.15, -0.1) is 5.10 Å². The van der Waals surface area contributed by atoms with Crippen molar-refractivity contribution in [3.8, 4) is 17.1 Å². The van der Waals surface area contributed by atoms with Gasteiger partial charge in [0.1, 0.15) is 5.75 Å². The van der Waals surface area contributed by atoms with Crippen LogP contribution in [0.1, 0.15) is 11.4 Å². The lowest BCUT2D eigenvalue weighted by molar-refractivity contribution is -0.113. The van der Waals surface area contributed by atoms with Gasteiger partial charge in [-0.05, 0) is 38.1 Å². The fourth-order valence-corrected chi connectivity index (χ4v) is 3.05. The van der Waals surface area contributed by atoms with Gasteiger partial charge in [-0.25, -0.2) is 4.98 Å². The van der Waals surface area contributed by atoms with Crippen LogP contribution in [-0.2, 0) is 11.8 Å². The number of aryl methyl sites for hydroxylation is 2. The van der Waals surface area contributed by atoms with Gasteiger partial charge >= 0.3 is 0 Å². The molecule has 0 aliphatic rings. The van der Waals surface area contributed by atoms with Gasteiger partial charge in [0.15, 0.2) is 5.82 Å². The molecule has 2 aromatic heterocycles. The van der Waals surface area contributed by atoms with Crippen molar-refractivity contribution in [2.24, 2.45) is 7.05 Å². The number of aromatic nitrogens is 5. The SMILES string of the molecule is COc1ccc(-c2nc(SCC(=O)Nc3c(C)nn(C)c3C)n[nH]2)cc1. The number of ether oxygens (including phenoxy) is 1. The maximum Gasteiger partial charge on any atom is 0.234 e. The van der Waals surface area contributed by atoms with Crippen molar-refractivity contribution in [3.63, 3.8) is 0 Å². The molecule has 0 atom stereocenters. The van der Waals surface area contributed by atoms with Crippen molar-refractivity contribution >= 4 is 23.4 Å². The highest BCUT2D eigenvalue weighted by atomic mass is 32.2. The molecule has 3 aromatic rings. The van der Waals surface area contributed by atoms with Gasteiger partial charge < -0.3 is 10.1 Å². The van der Waals surface area contributed by atoms with Gasteiger partial charge in [0.2, 0.25) is 11.1 Å². The molecule has 0 aliphatic carbocycles. The molecule has 0 spiro atoms. The molecule has 0 unspecified atom stereocenters. The number of thioether (sulfide) groups is 1. The second kappa shape index (κ2) is 7.61. The van der Waals surface area contributed by atoms with Crippen molar-refractivity contribution in [1.82, 2.24) is 25.0 Å². The Morgan fingerprint density at radius 3 is 2.65 bits per heavy atom. The maximum absolute atomic E-state index is 12.2. The summed E-state index contributed by atoms with van der Waals surface area (Å²) in [5, 5.41) is 14.7. The minimum absolute atomic E-state index is 0.120. The van der Waals surface area contributed by atoms with E-state index >= 15 is 0 Å². The van der Waals surface area contributed by atoms with Crippen molar-refractivity contribution in [2.45, 2.75) is 19.0 Å². The number of nitrogens with zero attached hydrogens (tertiary/aromatic N) is 4. The second-order valence-electron chi connectivity index (χ2n) is 5.70. The number of aromatic amines is 1. The fraction of sp³-hybridized carbons (Fsp3) is 0.294. The molecule has 1 amide bonds. The van der Waals surface area contributed by atoms with E-state index in [-0.39, 0.29) is 11.7 Å². The number of amides is 1. The number of nitrogens with one attached hydrogen (secondary N) is 2. The Kier molecular flexibility index (Phi) is 5.27. The van der Waals surface area contributed by atoms with E-state index in [1.165, 1.54) is 11.8 Å². The molecular formula is C17H20N6O2S. The molecule has 0 aliphatic heterocycles. The number of hydrogen-bond donors (Lipinski definition) is 2. The zero-order valence-electron chi connectivity index (χ0n) is 15.0. The molecule has 3 rings (SSSR count). The van der Waals surface area contributed by atoms with Crippen molar-refractivity contribution in [3.05, 3.63) is 35.7 Å². The molecule has 2 heterocycles. The molecular weight excluding hydrogens is 352 g/mol. The second-order valence-corrected chi connectivity index (χ2v) is 6.64. The van der Waals surface area contributed by atoms with Gasteiger partial charge in [-0.1, -0.05) is 11.8 Å². The van der Waals surface area contributed by atoms with Crippen molar-refractivity contribution < 1.29 is 9.53 Å². The van der Waals surface area contributed by atoms with Crippen LogP contribution in [-0.4, -0.2) is 43.7 Å². The first-order valence-electron chi connectivity index (χ1n) is 7.97. The largest absolute Gasteiger partial charge is 0.497 e. The first-order chi connectivity index (χ1) is 12.5. The van der Waals surface area contributed by atoms with Crippen LogP contribution >= 0.6 is 11.8 Å². The van der Waals surface area contributed by atoms with Crippen LogP contribution in [0.25, 0.3) is 11.4 Å². The van der Waals surface area contributed by atoms with Crippen LogP contribution in [0.5, 0.6) is 5.75 Å². The lowest BCUT2D eigenvalue weighted by Crippen LogP contribution is -2.15. The number of carbonyl (C=O) groups excluding carboxylic acids is 1. The zero-order valence-corrected chi connectivity index (χ0v) is 15.8. The van der Waals surface area contributed by atoms with E-state index < -0.39 is 0 Å². The number of anilines is 1. The number of rotatable bonds is 6. The quantitative estimate of drug-likeness (QED) is 0.646. The fourth-order valence-electron chi connectivity index (χ4n) is 2.45. The first-order valence-corrected chi connectivity index (χ1v) is 8.96. The highest BCUT2D eigenvalue weighted by Crippen LogP contribution is 2.22. The molecule has 8 nitrogen and oxygen atoms in total. The van der Waals surface area contributed by atoms with Crippen LogP contribution in [0.15, 0.2) is 29.4 Å². The summed E-state index contributed by atoms with van der Waals surface area (Å²) in [5.74, 6) is 1.52. The van der Waals surface area contributed by atoms with Gasteiger partial charge in [0.25, 0.3) is 0 Å². The summed E-state index contributed by atoms with van der Waals surface area (Å²) in [4.78, 5) is 16.6. The van der Waals surface area contributed by atoms with Gasteiger partial charge in [-0.3, -0.25) is 14.6 Å². The average molecular weight is 372 g/mol. The molecule has 0 fully saturated rings. The van der Waals surface area contributed by atoms with Gasteiger partial charge in [-0.2, -0.15) is 5.10 Å². The monoisotopic (exact) mass is 372 g/mol. The van der Waals surface area contributed by atoms with Crippen molar-refractivity contribution in [2.75, 3.05) is 18.2 Å². The predicted molar refractivity (Wildman–Crippen MR) is 100 cm³/mol. The number of methoxy groups -OCH3 is 1. The van der Waals surface area contributed by atoms with E-state index in [1.54, 1.807) is 11.8 Å². The van der Waals surface area contributed by atoms with Crippen LogP contribution in [0, 0.1) is 13.8 Å². The Balaban J connectivity index is 1.59. The van der Waals surface area contributed by atoms with E-state index in [9.17, 15) is 4.79 Å². The molecule has 1 aromatic carbocycles. The summed E-state index contributed by atoms with van der Waals surface area (Å²) in [6, 6.07) is 7.51. The third-order valence-corrected chi connectivity index (χ3v) is 4.78. The minimum atomic E-state index is -0.120. The molecule has 9 heteroatoms. The Labute approximate surface area is 155 Å². The summed E-state index contributed by atoms with van der Waals surface area (Å²) in [6.45, 7) is 3.78. The first kappa shape index (κ1) is 18.0. The van der Waals surface area contributed by atoms with Crippen LogP contribution in [0.4, 0.5) is 5.69 Å². The number of benzene rings is 1. The van der Waals surface area contributed by atoms with Crippen LogP contribution in [0.2, 0.25) is 0 Å². The summed E-state index contributed by atoms with van der Waals surface area (Å²) < 4.78 is 6.89. The van der Waals surface area contributed by atoms with Gasteiger partial charge in [0, 0.05) is 12.6 Å². The van der Waals surface area contributed by atoms with E-state index in [1.807, 2.05) is 45.2 Å². The topological polar surface area (TPSA) is 97.7 Å². The average Bonchev–Trinajstić information content (AvgIpc) is 3.21. The standard InChI is InChI=1S/C17H20N6O2S/c1-10-15(11(2)23(3)22-10)18-14(24)9-26-17-19-16(20-21-17)12-5-7-13(25-4)8-6-12/h5-8H,9H2,1-4H3,(H,18,24)(H,19,20,21). The van der Waals surface area contributed by atoms with Gasteiger partial charge in [0.05, 0.1) is 29.9 Å². The predicted octanol–water partition coefficient (Wildman–Crippen LogP) is 2.56. The third-order valence-electron chi connectivity index (χ3n) is 3.93.